The van der Waals surface area contributed by atoms with Gasteiger partial charge >= 0.3 is 0 Å². The quantitative estimate of drug-likeness (QED) is 0.767. The van der Waals surface area contributed by atoms with Crippen molar-refractivity contribution < 1.29 is 17.6 Å². The van der Waals surface area contributed by atoms with Crippen LogP contribution in [0.25, 0.3) is 0 Å². The lowest BCUT2D eigenvalue weighted by molar-refractivity contribution is -0.117. The van der Waals surface area contributed by atoms with Crippen molar-refractivity contribution in [1.82, 2.24) is 4.90 Å². The maximum atomic E-state index is 13.8. The number of carbonyl (C=O) groups is 1. The molecule has 1 aliphatic heterocycles. The first-order valence-corrected chi connectivity index (χ1v) is 9.40. The molecule has 0 aliphatic carbocycles. The third kappa shape index (κ3) is 5.47. The van der Waals surface area contributed by atoms with Crippen molar-refractivity contribution in [2.24, 2.45) is 5.73 Å². The van der Waals surface area contributed by atoms with Crippen molar-refractivity contribution in [3.05, 3.63) is 30.1 Å². The van der Waals surface area contributed by atoms with Crippen LogP contribution in [0.15, 0.2) is 24.3 Å². The predicted molar refractivity (Wildman–Crippen MR) is 87.5 cm³/mol. The van der Waals surface area contributed by atoms with Gasteiger partial charge in [0.15, 0.2) is 9.84 Å². The molecule has 1 fully saturated rings. The third-order valence-corrected chi connectivity index (χ3v) is 5.57. The molecule has 0 unspecified atom stereocenters. The van der Waals surface area contributed by atoms with Crippen LogP contribution in [-0.4, -0.2) is 63.5 Å². The summed E-state index contributed by atoms with van der Waals surface area (Å²) in [6, 6.07) is 6.65. The van der Waals surface area contributed by atoms with Gasteiger partial charge in [-0.2, -0.15) is 0 Å². The number of nitrogens with two attached hydrogens (primary N) is 1. The average molecular weight is 343 g/mol. The van der Waals surface area contributed by atoms with E-state index in [0.29, 0.717) is 38.4 Å². The van der Waals surface area contributed by atoms with E-state index in [1.807, 2.05) is 9.80 Å². The summed E-state index contributed by atoms with van der Waals surface area (Å²) in [5, 5.41) is 0. The van der Waals surface area contributed by atoms with Crippen LogP contribution in [0.3, 0.4) is 0 Å². The fourth-order valence-corrected chi connectivity index (χ4v) is 3.80. The number of rotatable bonds is 7. The Morgan fingerprint density at radius 1 is 1.13 bits per heavy atom. The lowest BCUT2D eigenvalue weighted by atomic mass is 10.2. The Morgan fingerprint density at radius 2 is 1.78 bits per heavy atom. The first-order chi connectivity index (χ1) is 10.9. The van der Waals surface area contributed by atoms with E-state index in [4.69, 9.17) is 5.73 Å². The summed E-state index contributed by atoms with van der Waals surface area (Å²) >= 11 is 0. The Hall–Kier alpha value is -1.67. The van der Waals surface area contributed by atoms with Gasteiger partial charge in [-0.05, 0) is 12.1 Å². The monoisotopic (exact) mass is 343 g/mol. The number of benzene rings is 1. The van der Waals surface area contributed by atoms with Crippen LogP contribution in [0.2, 0.25) is 0 Å². The average Bonchev–Trinajstić information content (AvgIpc) is 2.52. The molecule has 8 heteroatoms. The SMILES string of the molecule is NC(=O)CCS(=O)(=O)CCN1CCN(c2ccccc2F)CC1. The maximum absolute atomic E-state index is 13.8. The molecule has 23 heavy (non-hydrogen) atoms. The fraction of sp³-hybridized carbons (Fsp3) is 0.533. The Morgan fingerprint density at radius 3 is 2.39 bits per heavy atom. The van der Waals surface area contributed by atoms with Crippen LogP contribution in [0.4, 0.5) is 10.1 Å². The van der Waals surface area contributed by atoms with Gasteiger partial charge in [0.1, 0.15) is 5.82 Å². The summed E-state index contributed by atoms with van der Waals surface area (Å²) in [5.41, 5.74) is 5.56. The summed E-state index contributed by atoms with van der Waals surface area (Å²) < 4.78 is 37.4. The molecule has 0 saturated carbocycles. The highest BCUT2D eigenvalue weighted by atomic mass is 32.2. The molecule has 1 saturated heterocycles. The molecule has 2 N–H and O–H groups in total. The summed E-state index contributed by atoms with van der Waals surface area (Å²) in [5.74, 6) is -1.03. The van der Waals surface area contributed by atoms with Crippen molar-refractivity contribution in [2.45, 2.75) is 6.42 Å². The molecular weight excluding hydrogens is 321 g/mol. The molecule has 0 radical (unpaired) electrons. The zero-order chi connectivity index (χ0) is 16.9. The molecule has 1 amide bonds. The topological polar surface area (TPSA) is 83.7 Å². The number of piperazine rings is 1. The van der Waals surface area contributed by atoms with Gasteiger partial charge in [-0.15, -0.1) is 0 Å². The number of anilines is 1. The number of sulfone groups is 1. The van der Waals surface area contributed by atoms with Gasteiger partial charge in [0, 0.05) is 39.1 Å². The van der Waals surface area contributed by atoms with Gasteiger partial charge < -0.3 is 10.6 Å². The Bertz CT molecular complexity index is 643. The number of carbonyl (C=O) groups excluding carboxylic acids is 1. The number of halogens is 1. The molecule has 0 atom stereocenters. The predicted octanol–water partition coefficient (Wildman–Crippen LogP) is 0.238. The van der Waals surface area contributed by atoms with Gasteiger partial charge in [0.05, 0.1) is 17.2 Å². The van der Waals surface area contributed by atoms with E-state index in [9.17, 15) is 17.6 Å². The highest BCUT2D eigenvalue weighted by Crippen LogP contribution is 2.20. The van der Waals surface area contributed by atoms with E-state index in [0.717, 1.165) is 0 Å². The Kier molecular flexibility index (Phi) is 5.95. The minimum Gasteiger partial charge on any atom is -0.370 e. The molecule has 1 aliphatic rings. The zero-order valence-corrected chi connectivity index (χ0v) is 13.8. The highest BCUT2D eigenvalue weighted by Gasteiger charge is 2.21. The number of amides is 1. The molecule has 6 nitrogen and oxygen atoms in total. The minimum atomic E-state index is -3.26. The molecule has 0 bridgehead atoms. The summed E-state index contributed by atoms with van der Waals surface area (Å²) in [6.45, 7) is 3.09. The van der Waals surface area contributed by atoms with Crippen molar-refractivity contribution in [1.29, 1.82) is 0 Å². The highest BCUT2D eigenvalue weighted by molar-refractivity contribution is 7.91. The number of primary amides is 1. The van der Waals surface area contributed by atoms with E-state index in [1.165, 1.54) is 6.07 Å². The largest absolute Gasteiger partial charge is 0.370 e. The van der Waals surface area contributed by atoms with E-state index in [-0.39, 0.29) is 23.7 Å². The first-order valence-electron chi connectivity index (χ1n) is 7.58. The minimum absolute atomic E-state index is 0.0139. The molecular formula is C15H22FN3O3S. The molecule has 0 aromatic heterocycles. The van der Waals surface area contributed by atoms with Gasteiger partial charge in [-0.25, -0.2) is 12.8 Å². The van der Waals surface area contributed by atoms with Gasteiger partial charge in [0.25, 0.3) is 0 Å². The standard InChI is InChI=1S/C15H22FN3O3S/c16-13-3-1-2-4-14(13)19-8-6-18(7-9-19)10-12-23(21,22)11-5-15(17)20/h1-4H,5-12H2,(H2,17,20). The summed E-state index contributed by atoms with van der Waals surface area (Å²) in [7, 11) is -3.26. The van der Waals surface area contributed by atoms with Crippen LogP contribution >= 0.6 is 0 Å². The second kappa shape index (κ2) is 7.74. The zero-order valence-electron chi connectivity index (χ0n) is 12.9. The lowest BCUT2D eigenvalue weighted by Crippen LogP contribution is -2.48. The summed E-state index contributed by atoms with van der Waals surface area (Å²) in [4.78, 5) is 14.7. The molecule has 0 spiro atoms. The molecule has 2 rings (SSSR count). The molecule has 1 aromatic carbocycles. The smallest absolute Gasteiger partial charge is 0.218 e. The van der Waals surface area contributed by atoms with E-state index < -0.39 is 15.7 Å². The van der Waals surface area contributed by atoms with E-state index >= 15 is 0 Å². The van der Waals surface area contributed by atoms with Crippen molar-refractivity contribution in [3.8, 4) is 0 Å². The van der Waals surface area contributed by atoms with Gasteiger partial charge in [-0.3, -0.25) is 9.69 Å². The van der Waals surface area contributed by atoms with Crippen LogP contribution in [-0.2, 0) is 14.6 Å². The van der Waals surface area contributed by atoms with E-state index in [2.05, 4.69) is 0 Å². The second-order valence-electron chi connectivity index (χ2n) is 5.65. The third-order valence-electron chi connectivity index (χ3n) is 3.94. The van der Waals surface area contributed by atoms with Gasteiger partial charge in [-0.1, -0.05) is 12.1 Å². The number of nitrogens with zero attached hydrogens (tertiary/aromatic N) is 2. The van der Waals surface area contributed by atoms with Gasteiger partial charge in [0.2, 0.25) is 5.91 Å². The first kappa shape index (κ1) is 17.7. The van der Waals surface area contributed by atoms with E-state index in [1.54, 1.807) is 18.2 Å². The molecule has 128 valence electrons. The second-order valence-corrected chi connectivity index (χ2v) is 7.95. The normalized spacial score (nSPS) is 16.5. The molecule has 1 heterocycles. The number of hydrogen-bond donors (Lipinski definition) is 1. The van der Waals surface area contributed by atoms with Crippen molar-refractivity contribution in [3.63, 3.8) is 0 Å². The number of para-hydroxylation sites is 1. The lowest BCUT2D eigenvalue weighted by Gasteiger charge is -2.36. The maximum Gasteiger partial charge on any atom is 0.218 e. The Balaban J connectivity index is 1.79. The van der Waals surface area contributed by atoms with Crippen LogP contribution in [0.5, 0.6) is 0 Å². The van der Waals surface area contributed by atoms with Crippen LogP contribution < -0.4 is 10.6 Å². The number of hydrogen-bond acceptors (Lipinski definition) is 5. The molecule has 1 aromatic rings. The van der Waals surface area contributed by atoms with Crippen molar-refractivity contribution in [2.75, 3.05) is 49.1 Å². The summed E-state index contributed by atoms with van der Waals surface area (Å²) in [6.07, 6.45) is -0.136. The van der Waals surface area contributed by atoms with Crippen LogP contribution in [0, 0.1) is 5.82 Å². The van der Waals surface area contributed by atoms with Crippen molar-refractivity contribution >= 4 is 21.4 Å². The Labute approximate surface area is 136 Å². The van der Waals surface area contributed by atoms with Crippen LogP contribution in [0.1, 0.15) is 6.42 Å². The fourth-order valence-electron chi connectivity index (χ4n) is 2.55.